The Balaban J connectivity index is 0. The van der Waals surface area contributed by atoms with Crippen LogP contribution in [-0.4, -0.2) is 42.0 Å². The Kier molecular flexibility index (Phi) is 12.7. The summed E-state index contributed by atoms with van der Waals surface area (Å²) in [4.78, 5) is 0. The lowest BCUT2D eigenvalue weighted by molar-refractivity contribution is -0.0626. The normalized spacial score (nSPS) is 19.1. The van der Waals surface area contributed by atoms with Crippen LogP contribution in [0.4, 0.5) is 0 Å². The van der Waals surface area contributed by atoms with Gasteiger partial charge < -0.3 is 19.3 Å². The van der Waals surface area contributed by atoms with Crippen molar-refractivity contribution in [2.45, 2.75) is 59.2 Å². The highest BCUT2D eigenvalue weighted by Crippen LogP contribution is 2.38. The molecule has 0 heterocycles. The van der Waals surface area contributed by atoms with Crippen molar-refractivity contribution in [2.24, 2.45) is 17.3 Å². The Morgan fingerprint density at radius 2 is 1.33 bits per heavy atom. The second-order valence-electron chi connectivity index (χ2n) is 7.32. The molecule has 0 fully saturated rings. The molecule has 0 aliphatic carbocycles. The third kappa shape index (κ3) is 8.41. The molecule has 0 bridgehead atoms. The maximum Gasteiger partial charge on any atom is 0.0738 e. The van der Waals surface area contributed by atoms with E-state index in [4.69, 9.17) is 9.11 Å². The number of rotatable bonds is 10. The molecule has 4 unspecified atom stereocenters. The molecule has 0 radical (unpaired) electrons. The minimum Gasteiger partial charge on any atom is -0.390 e. The molecule has 0 aromatic heterocycles. The molecule has 4 N–H and O–H groups in total. The van der Waals surface area contributed by atoms with E-state index in [2.05, 4.69) is 13.2 Å². The van der Waals surface area contributed by atoms with Crippen molar-refractivity contribution in [2.75, 3.05) is 11.5 Å². The van der Waals surface area contributed by atoms with E-state index in [0.717, 1.165) is 24.1 Å². The molecule has 6 heteroatoms. The van der Waals surface area contributed by atoms with Gasteiger partial charge in [-0.15, -0.1) is 13.2 Å². The molecule has 4 atom stereocenters. The van der Waals surface area contributed by atoms with Crippen molar-refractivity contribution >= 4 is 24.1 Å². The summed E-state index contributed by atoms with van der Waals surface area (Å²) in [5, 5.41) is 20.0. The lowest BCUT2D eigenvalue weighted by Crippen LogP contribution is -2.47. The molecule has 144 valence electrons. The fraction of sp³-hybridized carbons (Fsp3) is 0.778. The Hall–Kier alpha value is 0.0200. The average molecular weight is 381 g/mol. The van der Waals surface area contributed by atoms with Gasteiger partial charge in [0, 0.05) is 16.9 Å². The maximum atomic E-state index is 10.2. The van der Waals surface area contributed by atoms with Gasteiger partial charge in [-0.3, -0.25) is 0 Å². The van der Waals surface area contributed by atoms with Gasteiger partial charge in [0.25, 0.3) is 0 Å². The minimum atomic E-state index is -0.843. The lowest BCUT2D eigenvalue weighted by Gasteiger charge is -2.42. The van der Waals surface area contributed by atoms with E-state index in [0.29, 0.717) is 17.9 Å². The van der Waals surface area contributed by atoms with Crippen LogP contribution in [0.2, 0.25) is 0 Å². The summed E-state index contributed by atoms with van der Waals surface area (Å²) in [6, 6.07) is 0. The molecular formula is C18H36O4S2. The van der Waals surface area contributed by atoms with Gasteiger partial charge in [0.2, 0.25) is 0 Å². The predicted molar refractivity (Wildman–Crippen MR) is 109 cm³/mol. The number of aliphatic hydroxyl groups is 2. The molecule has 0 spiro atoms. The first-order valence-corrected chi connectivity index (χ1v) is 9.94. The Bertz CT molecular complexity index is 368. The zero-order chi connectivity index (χ0) is 19.6. The summed E-state index contributed by atoms with van der Waals surface area (Å²) < 4.78 is 17.3. The van der Waals surface area contributed by atoms with Gasteiger partial charge in [0.1, 0.15) is 0 Å². The highest BCUT2D eigenvalue weighted by Gasteiger charge is 2.41. The first-order chi connectivity index (χ1) is 10.8. The van der Waals surface area contributed by atoms with Crippen molar-refractivity contribution in [3.8, 4) is 0 Å². The molecule has 0 saturated carbocycles. The number of hydrogen-bond acceptors (Lipinski definition) is 6. The van der Waals surface area contributed by atoms with E-state index in [9.17, 15) is 10.2 Å². The predicted octanol–water partition coefficient (Wildman–Crippen LogP) is 4.95. The van der Waals surface area contributed by atoms with Crippen molar-refractivity contribution < 1.29 is 19.3 Å². The molecule has 0 aliphatic rings. The molecule has 0 aliphatic heterocycles. The molecular weight excluding hydrogens is 344 g/mol. The quantitative estimate of drug-likeness (QED) is 0.317. The van der Waals surface area contributed by atoms with Crippen LogP contribution in [0.15, 0.2) is 25.3 Å². The highest BCUT2D eigenvalue weighted by atomic mass is 32.2. The third-order valence-electron chi connectivity index (χ3n) is 5.04. The van der Waals surface area contributed by atoms with Crippen LogP contribution in [0.5, 0.6) is 0 Å². The van der Waals surface area contributed by atoms with E-state index in [1.54, 1.807) is 26.0 Å². The molecule has 0 aromatic rings. The van der Waals surface area contributed by atoms with Gasteiger partial charge in [-0.25, -0.2) is 0 Å². The fourth-order valence-corrected chi connectivity index (χ4v) is 3.03. The Morgan fingerprint density at radius 1 is 0.917 bits per heavy atom. The standard InChI is InChI=1S/C10H20O2S.C8H16O2S/c1-6-9(3,4)10(5,11)8(2)7-13-12;1-4-5-8(3,9)7(2)6-11-10/h6,8,11-12H,1,7H2,2-5H3;4,7,9-10H,1,5-6H2,2-3H3. The smallest absolute Gasteiger partial charge is 0.0738 e. The van der Waals surface area contributed by atoms with Gasteiger partial charge in [-0.05, 0) is 56.2 Å². The van der Waals surface area contributed by atoms with Gasteiger partial charge >= 0.3 is 0 Å². The highest BCUT2D eigenvalue weighted by molar-refractivity contribution is 7.93. The second kappa shape index (κ2) is 11.6. The van der Waals surface area contributed by atoms with Crippen LogP contribution in [-0.2, 0) is 0 Å². The van der Waals surface area contributed by atoms with Crippen molar-refractivity contribution in [3.63, 3.8) is 0 Å². The Labute approximate surface area is 156 Å². The monoisotopic (exact) mass is 380 g/mol. The summed E-state index contributed by atoms with van der Waals surface area (Å²) in [7, 11) is 0. The molecule has 0 saturated heterocycles. The second-order valence-corrected chi connectivity index (χ2v) is 8.50. The molecule has 0 amide bonds. The van der Waals surface area contributed by atoms with Crippen LogP contribution < -0.4 is 0 Å². The van der Waals surface area contributed by atoms with Gasteiger partial charge in [0.15, 0.2) is 0 Å². The topological polar surface area (TPSA) is 80.9 Å². The van der Waals surface area contributed by atoms with Crippen LogP contribution in [0.25, 0.3) is 0 Å². The largest absolute Gasteiger partial charge is 0.390 e. The first-order valence-electron chi connectivity index (χ1n) is 8.06. The fourth-order valence-electron chi connectivity index (χ4n) is 1.90. The zero-order valence-electron chi connectivity index (χ0n) is 16.0. The molecule has 0 rings (SSSR count). The summed E-state index contributed by atoms with van der Waals surface area (Å²) in [6.07, 6.45) is 4.01. The zero-order valence-corrected chi connectivity index (χ0v) is 17.6. The molecule has 24 heavy (non-hydrogen) atoms. The Morgan fingerprint density at radius 3 is 1.67 bits per heavy atom. The van der Waals surface area contributed by atoms with Crippen molar-refractivity contribution in [1.29, 1.82) is 0 Å². The van der Waals surface area contributed by atoms with Crippen LogP contribution in [0, 0.1) is 17.3 Å². The van der Waals surface area contributed by atoms with Crippen molar-refractivity contribution in [1.82, 2.24) is 0 Å². The van der Waals surface area contributed by atoms with E-state index in [1.807, 2.05) is 27.7 Å². The number of hydrogen-bond donors (Lipinski definition) is 4. The van der Waals surface area contributed by atoms with Crippen LogP contribution in [0.3, 0.4) is 0 Å². The minimum absolute atomic E-state index is 0.0236. The SMILES string of the molecule is C=CC(C)(C)C(C)(O)C(C)CSO.C=CCC(C)(O)C(C)CSO. The van der Waals surface area contributed by atoms with Crippen LogP contribution in [0.1, 0.15) is 48.0 Å². The molecule has 4 nitrogen and oxygen atoms in total. The third-order valence-corrected chi connectivity index (χ3v) is 6.34. The molecule has 0 aromatic carbocycles. The van der Waals surface area contributed by atoms with E-state index >= 15 is 0 Å². The maximum absolute atomic E-state index is 10.2. The summed E-state index contributed by atoms with van der Waals surface area (Å²) in [5.74, 6) is 1.19. The van der Waals surface area contributed by atoms with E-state index in [1.165, 1.54) is 0 Å². The van der Waals surface area contributed by atoms with Gasteiger partial charge in [0.05, 0.1) is 11.2 Å². The average Bonchev–Trinajstić information content (AvgIpc) is 2.48. The van der Waals surface area contributed by atoms with Crippen LogP contribution >= 0.6 is 24.1 Å². The summed E-state index contributed by atoms with van der Waals surface area (Å²) in [6.45, 7) is 18.5. The lowest BCUT2D eigenvalue weighted by atomic mass is 9.70. The first kappa shape index (κ1) is 26.3. The van der Waals surface area contributed by atoms with Gasteiger partial charge in [-0.2, -0.15) is 0 Å². The van der Waals surface area contributed by atoms with Gasteiger partial charge in [-0.1, -0.05) is 39.8 Å². The van der Waals surface area contributed by atoms with Crippen molar-refractivity contribution in [3.05, 3.63) is 25.3 Å². The summed E-state index contributed by atoms with van der Waals surface area (Å²) in [5.41, 5.74) is -1.93. The van der Waals surface area contributed by atoms with E-state index < -0.39 is 11.2 Å². The summed E-state index contributed by atoms with van der Waals surface area (Å²) >= 11 is 1.54. The van der Waals surface area contributed by atoms with E-state index in [-0.39, 0.29) is 17.3 Å².